The molecule has 1 aliphatic heterocycles. The molecule has 1 N–H and O–H groups in total. The Kier molecular flexibility index (Phi) is 5.38. The topological polar surface area (TPSA) is 80.0 Å². The van der Waals surface area contributed by atoms with Crippen molar-refractivity contribution in [2.24, 2.45) is 0 Å². The number of hydrogen-bond donors (Lipinski definition) is 1. The molecule has 0 aliphatic carbocycles. The van der Waals surface area contributed by atoms with Crippen LogP contribution in [0.2, 0.25) is 0 Å². The molecule has 1 aliphatic rings. The van der Waals surface area contributed by atoms with Gasteiger partial charge in [-0.05, 0) is 47.9 Å². The molecule has 1 amide bonds. The summed E-state index contributed by atoms with van der Waals surface area (Å²) >= 11 is 0. The second-order valence-electron chi connectivity index (χ2n) is 7.66. The maximum Gasteiger partial charge on any atom is 0.300 e. The number of rotatable bonds is 5. The van der Waals surface area contributed by atoms with Gasteiger partial charge in [0.1, 0.15) is 23.3 Å². The normalized spacial score (nSPS) is 18.1. The summed E-state index contributed by atoms with van der Waals surface area (Å²) in [6.45, 7) is 4.16. The number of aliphatic hydroxyl groups excluding tert-OH is 1. The van der Waals surface area contributed by atoms with Gasteiger partial charge in [0.05, 0.1) is 18.9 Å². The summed E-state index contributed by atoms with van der Waals surface area (Å²) in [4.78, 5) is 27.5. The first-order valence-electron chi connectivity index (χ1n) is 10.0. The minimum absolute atomic E-state index is 0.0267. The molecule has 1 aromatic heterocycles. The van der Waals surface area contributed by atoms with E-state index in [1.807, 2.05) is 24.3 Å². The smallest absolute Gasteiger partial charge is 0.300 e. The van der Waals surface area contributed by atoms with Gasteiger partial charge in [0.15, 0.2) is 0 Å². The van der Waals surface area contributed by atoms with Crippen LogP contribution in [0.25, 0.3) is 5.76 Å². The molecule has 0 radical (unpaired) electrons. The molecular formula is C25H23NO5. The van der Waals surface area contributed by atoms with Crippen molar-refractivity contribution in [1.29, 1.82) is 0 Å². The van der Waals surface area contributed by atoms with Crippen molar-refractivity contribution in [2.75, 3.05) is 12.0 Å². The highest BCUT2D eigenvalue weighted by Crippen LogP contribution is 2.42. The lowest BCUT2D eigenvalue weighted by molar-refractivity contribution is -0.132. The number of nitrogens with zero attached hydrogens (tertiary/aromatic N) is 1. The highest BCUT2D eigenvalue weighted by molar-refractivity contribution is 6.51. The zero-order valence-electron chi connectivity index (χ0n) is 17.5. The molecule has 6 nitrogen and oxygen atoms in total. The predicted molar refractivity (Wildman–Crippen MR) is 117 cm³/mol. The summed E-state index contributed by atoms with van der Waals surface area (Å²) in [5.74, 6) is -0.523. The standard InChI is InChI=1S/C25H23NO5/c1-15(2)16-9-11-18(12-10-16)26-22(20-8-5-13-31-20)21(24(28)25(26)29)23(27)17-6-4-7-19(14-17)30-3/h4-15,22,27H,1-3H3/b23-21-. The Morgan fingerprint density at radius 3 is 2.42 bits per heavy atom. The summed E-state index contributed by atoms with van der Waals surface area (Å²) in [6, 6.07) is 16.7. The molecule has 3 aromatic rings. The number of furan rings is 1. The number of Topliss-reactive ketones (excluding diaryl/α,β-unsaturated/α-hetero) is 1. The molecule has 2 aromatic carbocycles. The van der Waals surface area contributed by atoms with Crippen molar-refractivity contribution < 1.29 is 23.8 Å². The second-order valence-corrected chi connectivity index (χ2v) is 7.66. The minimum Gasteiger partial charge on any atom is -0.507 e. The van der Waals surface area contributed by atoms with Gasteiger partial charge in [-0.1, -0.05) is 38.1 Å². The molecule has 31 heavy (non-hydrogen) atoms. The Balaban J connectivity index is 1.87. The number of ether oxygens (including phenoxy) is 1. The fourth-order valence-electron chi connectivity index (χ4n) is 3.76. The van der Waals surface area contributed by atoms with Gasteiger partial charge in [-0.3, -0.25) is 14.5 Å². The van der Waals surface area contributed by atoms with Crippen LogP contribution in [0.15, 0.2) is 76.9 Å². The van der Waals surface area contributed by atoms with Crippen LogP contribution in [0.3, 0.4) is 0 Å². The predicted octanol–water partition coefficient (Wildman–Crippen LogP) is 5.04. The van der Waals surface area contributed by atoms with Crippen LogP contribution in [0.1, 0.15) is 42.7 Å². The number of hydrogen-bond acceptors (Lipinski definition) is 5. The number of methoxy groups -OCH3 is 1. The largest absolute Gasteiger partial charge is 0.507 e. The van der Waals surface area contributed by atoms with E-state index in [1.54, 1.807) is 36.4 Å². The van der Waals surface area contributed by atoms with Crippen molar-refractivity contribution in [3.8, 4) is 5.75 Å². The molecule has 0 bridgehead atoms. The summed E-state index contributed by atoms with van der Waals surface area (Å²) in [6.07, 6.45) is 1.48. The highest BCUT2D eigenvalue weighted by Gasteiger charge is 2.48. The van der Waals surface area contributed by atoms with E-state index in [0.717, 1.165) is 5.56 Å². The Morgan fingerprint density at radius 1 is 1.06 bits per heavy atom. The molecule has 1 atom stereocenters. The quantitative estimate of drug-likeness (QED) is 0.357. The van der Waals surface area contributed by atoms with Crippen molar-refractivity contribution in [3.63, 3.8) is 0 Å². The van der Waals surface area contributed by atoms with Crippen LogP contribution < -0.4 is 9.64 Å². The van der Waals surface area contributed by atoms with E-state index >= 15 is 0 Å². The highest BCUT2D eigenvalue weighted by atomic mass is 16.5. The molecule has 0 saturated carbocycles. The van der Waals surface area contributed by atoms with Gasteiger partial charge >= 0.3 is 0 Å². The van der Waals surface area contributed by atoms with E-state index in [1.165, 1.54) is 18.3 Å². The van der Waals surface area contributed by atoms with Crippen LogP contribution >= 0.6 is 0 Å². The van der Waals surface area contributed by atoms with Gasteiger partial charge in [-0.2, -0.15) is 0 Å². The van der Waals surface area contributed by atoms with Crippen molar-refractivity contribution in [1.82, 2.24) is 0 Å². The van der Waals surface area contributed by atoms with E-state index < -0.39 is 17.7 Å². The second kappa shape index (κ2) is 8.14. The third-order valence-electron chi connectivity index (χ3n) is 5.44. The monoisotopic (exact) mass is 417 g/mol. The van der Waals surface area contributed by atoms with Gasteiger partial charge < -0.3 is 14.3 Å². The van der Waals surface area contributed by atoms with E-state index in [9.17, 15) is 14.7 Å². The number of ketones is 1. The lowest BCUT2D eigenvalue weighted by Crippen LogP contribution is -2.29. The Bertz CT molecular complexity index is 1140. The lowest BCUT2D eigenvalue weighted by atomic mass is 9.98. The SMILES string of the molecule is COc1cccc(/C(O)=C2/C(=O)C(=O)N(c3ccc(C(C)C)cc3)C2c2ccco2)c1. The third-order valence-corrected chi connectivity index (χ3v) is 5.44. The molecule has 1 fully saturated rings. The van der Waals surface area contributed by atoms with Crippen LogP contribution in [0.5, 0.6) is 5.75 Å². The van der Waals surface area contributed by atoms with Crippen LogP contribution in [-0.2, 0) is 9.59 Å². The number of anilines is 1. The fourth-order valence-corrected chi connectivity index (χ4v) is 3.76. The molecule has 1 saturated heterocycles. The molecule has 1 unspecified atom stereocenters. The third kappa shape index (κ3) is 3.61. The van der Waals surface area contributed by atoms with Gasteiger partial charge in [-0.15, -0.1) is 0 Å². The Morgan fingerprint density at radius 2 is 1.81 bits per heavy atom. The van der Waals surface area contributed by atoms with Crippen molar-refractivity contribution in [3.05, 3.63) is 89.4 Å². The van der Waals surface area contributed by atoms with Crippen molar-refractivity contribution >= 4 is 23.1 Å². The first kappa shape index (κ1) is 20.5. The summed E-state index contributed by atoms with van der Waals surface area (Å²) in [5, 5.41) is 11.1. The van der Waals surface area contributed by atoms with Crippen molar-refractivity contribution in [2.45, 2.75) is 25.8 Å². The van der Waals surface area contributed by atoms with Crippen LogP contribution in [0.4, 0.5) is 5.69 Å². The van der Waals surface area contributed by atoms with E-state index in [4.69, 9.17) is 9.15 Å². The molecule has 158 valence electrons. The summed E-state index contributed by atoms with van der Waals surface area (Å²) in [5.41, 5.74) is 2.02. The summed E-state index contributed by atoms with van der Waals surface area (Å²) in [7, 11) is 1.52. The first-order chi connectivity index (χ1) is 14.9. The number of aliphatic hydroxyl groups is 1. The van der Waals surface area contributed by atoms with Gasteiger partial charge in [0.25, 0.3) is 11.7 Å². The lowest BCUT2D eigenvalue weighted by Gasteiger charge is -2.23. The number of benzene rings is 2. The van der Waals surface area contributed by atoms with Crippen LogP contribution in [0, 0.1) is 0 Å². The molecular weight excluding hydrogens is 394 g/mol. The Labute approximate surface area is 180 Å². The van der Waals surface area contributed by atoms with Gasteiger partial charge in [0, 0.05) is 11.3 Å². The zero-order chi connectivity index (χ0) is 22.1. The molecule has 6 heteroatoms. The average molecular weight is 417 g/mol. The molecule has 4 rings (SSSR count). The average Bonchev–Trinajstić information content (AvgIpc) is 3.40. The fraction of sp³-hybridized carbons (Fsp3) is 0.200. The summed E-state index contributed by atoms with van der Waals surface area (Å²) < 4.78 is 10.8. The zero-order valence-corrected chi connectivity index (χ0v) is 17.5. The first-order valence-corrected chi connectivity index (χ1v) is 10.0. The number of carbonyl (C=O) groups is 2. The van der Waals surface area contributed by atoms with Crippen LogP contribution in [-0.4, -0.2) is 23.9 Å². The minimum atomic E-state index is -0.883. The number of carbonyl (C=O) groups excluding carboxylic acids is 2. The Hall–Kier alpha value is -3.80. The molecule has 0 spiro atoms. The molecule has 2 heterocycles. The number of amides is 1. The van der Waals surface area contributed by atoms with E-state index in [-0.39, 0.29) is 11.3 Å². The van der Waals surface area contributed by atoms with Gasteiger partial charge in [0.2, 0.25) is 0 Å². The maximum atomic E-state index is 13.1. The van der Waals surface area contributed by atoms with E-state index in [0.29, 0.717) is 28.7 Å². The maximum absolute atomic E-state index is 13.1. The van der Waals surface area contributed by atoms with E-state index in [2.05, 4.69) is 13.8 Å². The van der Waals surface area contributed by atoms with Gasteiger partial charge in [-0.25, -0.2) is 0 Å².